The van der Waals surface area contributed by atoms with Crippen molar-refractivity contribution in [1.29, 1.82) is 0 Å². The highest BCUT2D eigenvalue weighted by atomic mass is 35.5. The Labute approximate surface area is 199 Å². The lowest BCUT2D eigenvalue weighted by Gasteiger charge is -2.52. The molecule has 0 aromatic heterocycles. The van der Waals surface area contributed by atoms with Crippen molar-refractivity contribution in [3.05, 3.63) is 69.7 Å². The number of likely N-dealkylation sites (tertiary alicyclic amines) is 1. The Hall–Kier alpha value is -2.08. The van der Waals surface area contributed by atoms with E-state index in [-0.39, 0.29) is 18.2 Å². The summed E-state index contributed by atoms with van der Waals surface area (Å²) in [5.74, 6) is -1.50. The molecule has 0 bridgehead atoms. The minimum atomic E-state index is -1.12. The van der Waals surface area contributed by atoms with Crippen LogP contribution in [0.15, 0.2) is 48.5 Å². The zero-order valence-electron chi connectivity index (χ0n) is 18.5. The van der Waals surface area contributed by atoms with Crippen molar-refractivity contribution in [3.63, 3.8) is 0 Å². The first-order valence-corrected chi connectivity index (χ1v) is 11.6. The second-order valence-corrected chi connectivity index (χ2v) is 9.79. The van der Waals surface area contributed by atoms with E-state index in [1.807, 2.05) is 37.3 Å². The fraction of sp³-hybridized carbons (Fsp3) is 0.440. The van der Waals surface area contributed by atoms with Crippen molar-refractivity contribution < 1.29 is 19.8 Å². The van der Waals surface area contributed by atoms with Crippen LogP contribution in [0.5, 0.6) is 0 Å². The van der Waals surface area contributed by atoms with Gasteiger partial charge in [-0.3, -0.25) is 9.59 Å². The summed E-state index contributed by atoms with van der Waals surface area (Å²) in [6.07, 6.45) is -0.202. The number of aliphatic hydroxyl groups is 1. The summed E-state index contributed by atoms with van der Waals surface area (Å²) in [6, 6.07) is 13.9. The molecule has 7 heteroatoms. The van der Waals surface area contributed by atoms with Gasteiger partial charge in [-0.25, -0.2) is 0 Å². The second kappa shape index (κ2) is 9.82. The molecule has 32 heavy (non-hydrogen) atoms. The van der Waals surface area contributed by atoms with E-state index < -0.39 is 29.6 Å². The number of benzene rings is 2. The summed E-state index contributed by atoms with van der Waals surface area (Å²) >= 11 is 12.4. The molecule has 1 amide bonds. The summed E-state index contributed by atoms with van der Waals surface area (Å²) in [5, 5.41) is 21.3. The number of piperidine rings is 1. The van der Waals surface area contributed by atoms with Crippen LogP contribution < -0.4 is 0 Å². The molecule has 2 aromatic carbocycles. The molecule has 172 valence electrons. The van der Waals surface area contributed by atoms with Gasteiger partial charge in [0.2, 0.25) is 5.91 Å². The lowest BCUT2D eigenvalue weighted by Crippen LogP contribution is -2.58. The number of aliphatic carboxylic acids is 1. The maximum atomic E-state index is 13.9. The van der Waals surface area contributed by atoms with Crippen molar-refractivity contribution in [2.24, 2.45) is 5.41 Å². The zero-order valence-corrected chi connectivity index (χ0v) is 20.0. The van der Waals surface area contributed by atoms with E-state index in [4.69, 9.17) is 23.2 Å². The number of carboxylic acids is 1. The highest BCUT2D eigenvalue weighted by Crippen LogP contribution is 2.52. The summed E-state index contributed by atoms with van der Waals surface area (Å²) in [4.78, 5) is 27.3. The van der Waals surface area contributed by atoms with E-state index in [1.165, 1.54) is 0 Å². The molecule has 0 spiro atoms. The molecule has 1 heterocycles. The maximum Gasteiger partial charge on any atom is 0.304 e. The van der Waals surface area contributed by atoms with Crippen molar-refractivity contribution in [2.75, 3.05) is 0 Å². The molecule has 5 unspecified atom stereocenters. The third kappa shape index (κ3) is 4.95. The van der Waals surface area contributed by atoms with Crippen LogP contribution in [-0.4, -0.2) is 39.1 Å². The van der Waals surface area contributed by atoms with Crippen LogP contribution in [0.3, 0.4) is 0 Å². The molecule has 1 fully saturated rings. The van der Waals surface area contributed by atoms with Gasteiger partial charge in [0.1, 0.15) is 0 Å². The van der Waals surface area contributed by atoms with Gasteiger partial charge in [0.25, 0.3) is 0 Å². The van der Waals surface area contributed by atoms with Crippen LogP contribution in [0, 0.1) is 5.41 Å². The first-order valence-electron chi connectivity index (χ1n) is 10.8. The van der Waals surface area contributed by atoms with Crippen molar-refractivity contribution in [1.82, 2.24) is 4.90 Å². The predicted molar refractivity (Wildman–Crippen MR) is 126 cm³/mol. The Morgan fingerprint density at radius 2 is 1.81 bits per heavy atom. The van der Waals surface area contributed by atoms with Crippen LogP contribution in [0.1, 0.15) is 63.1 Å². The molecule has 0 saturated carbocycles. The number of hydrogen-bond acceptors (Lipinski definition) is 3. The predicted octanol–water partition coefficient (Wildman–Crippen LogP) is 5.69. The van der Waals surface area contributed by atoms with Crippen molar-refractivity contribution >= 4 is 35.1 Å². The minimum Gasteiger partial charge on any atom is -0.481 e. The SMILES string of the molecule is CCC(C(C)O)N1C(=O)C(C)(CC(=O)O)CC(c2cccc(Cl)c2)C1c1ccc(Cl)cc1. The van der Waals surface area contributed by atoms with Crippen LogP contribution >= 0.6 is 23.2 Å². The highest BCUT2D eigenvalue weighted by molar-refractivity contribution is 6.30. The lowest BCUT2D eigenvalue weighted by atomic mass is 9.67. The molecule has 3 rings (SSSR count). The Balaban J connectivity index is 2.25. The number of nitrogens with zero attached hydrogens (tertiary/aromatic N) is 1. The highest BCUT2D eigenvalue weighted by Gasteiger charge is 2.52. The molecular formula is C25H29Cl2NO4. The number of carboxylic acid groups (broad SMARTS) is 1. The number of halogens is 2. The van der Waals surface area contributed by atoms with E-state index in [2.05, 4.69) is 0 Å². The van der Waals surface area contributed by atoms with Crippen molar-refractivity contribution in [2.45, 2.75) is 64.1 Å². The zero-order chi connectivity index (χ0) is 23.6. The molecule has 5 atom stereocenters. The third-order valence-corrected chi connectivity index (χ3v) is 6.95. The molecule has 0 aliphatic carbocycles. The second-order valence-electron chi connectivity index (χ2n) is 8.92. The van der Waals surface area contributed by atoms with Gasteiger partial charge in [0, 0.05) is 16.0 Å². The van der Waals surface area contributed by atoms with Crippen LogP contribution in [0.25, 0.3) is 0 Å². The number of amides is 1. The van der Waals surface area contributed by atoms with E-state index in [0.717, 1.165) is 11.1 Å². The average Bonchev–Trinajstić information content (AvgIpc) is 2.71. The largest absolute Gasteiger partial charge is 0.481 e. The molecule has 1 aliphatic heterocycles. The number of carbonyl (C=O) groups excluding carboxylic acids is 1. The van der Waals surface area contributed by atoms with Crippen LogP contribution in [-0.2, 0) is 9.59 Å². The van der Waals surface area contributed by atoms with Gasteiger partial charge in [0.05, 0.1) is 30.0 Å². The molecular weight excluding hydrogens is 449 g/mol. The fourth-order valence-electron chi connectivity index (χ4n) is 5.02. The maximum absolute atomic E-state index is 13.9. The van der Waals surface area contributed by atoms with E-state index >= 15 is 0 Å². The smallest absolute Gasteiger partial charge is 0.304 e. The Bertz CT molecular complexity index is 978. The van der Waals surface area contributed by atoms with Crippen LogP contribution in [0.4, 0.5) is 0 Å². The minimum absolute atomic E-state index is 0.218. The van der Waals surface area contributed by atoms with E-state index in [0.29, 0.717) is 22.9 Å². The van der Waals surface area contributed by atoms with E-state index in [1.54, 1.807) is 36.9 Å². The normalized spacial score (nSPS) is 25.4. The Morgan fingerprint density at radius 1 is 1.16 bits per heavy atom. The average molecular weight is 478 g/mol. The number of hydrogen-bond donors (Lipinski definition) is 2. The molecule has 5 nitrogen and oxygen atoms in total. The summed E-state index contributed by atoms with van der Waals surface area (Å²) in [6.45, 7) is 5.29. The van der Waals surface area contributed by atoms with E-state index in [9.17, 15) is 19.8 Å². The standard InChI is InChI=1S/C25H29Cl2NO4/c1-4-21(15(2)29)28-23(16-8-10-18(26)11-9-16)20(17-6-5-7-19(27)12-17)13-25(3,24(28)32)14-22(30)31/h5-12,15,20-21,23,29H,4,13-14H2,1-3H3,(H,30,31). The van der Waals surface area contributed by atoms with Gasteiger partial charge < -0.3 is 15.1 Å². The van der Waals surface area contributed by atoms with Gasteiger partial charge in [-0.15, -0.1) is 0 Å². The van der Waals surface area contributed by atoms with Crippen LogP contribution in [0.2, 0.25) is 10.0 Å². The topological polar surface area (TPSA) is 77.8 Å². The van der Waals surface area contributed by atoms with Gasteiger partial charge in [0.15, 0.2) is 0 Å². The number of rotatable bonds is 7. The summed E-state index contributed by atoms with van der Waals surface area (Å²) in [7, 11) is 0. The quantitative estimate of drug-likeness (QED) is 0.536. The third-order valence-electron chi connectivity index (χ3n) is 6.46. The van der Waals surface area contributed by atoms with Crippen molar-refractivity contribution in [3.8, 4) is 0 Å². The number of aliphatic hydroxyl groups excluding tert-OH is 1. The first-order chi connectivity index (χ1) is 15.1. The van der Waals surface area contributed by atoms with Gasteiger partial charge in [-0.2, -0.15) is 0 Å². The monoisotopic (exact) mass is 477 g/mol. The van der Waals surface area contributed by atoms with Gasteiger partial charge in [-0.1, -0.05) is 61.3 Å². The molecule has 0 radical (unpaired) electrons. The van der Waals surface area contributed by atoms with Gasteiger partial charge >= 0.3 is 5.97 Å². The Kier molecular flexibility index (Phi) is 7.53. The first kappa shape index (κ1) is 24.6. The molecule has 2 aromatic rings. The summed E-state index contributed by atoms with van der Waals surface area (Å²) in [5.41, 5.74) is 0.681. The Morgan fingerprint density at radius 3 is 2.34 bits per heavy atom. The molecule has 1 saturated heterocycles. The lowest BCUT2D eigenvalue weighted by molar-refractivity contribution is -0.163. The molecule has 2 N–H and O–H groups in total. The van der Waals surface area contributed by atoms with Gasteiger partial charge in [-0.05, 0) is 55.2 Å². The number of carbonyl (C=O) groups is 2. The molecule has 1 aliphatic rings. The fourth-order valence-corrected chi connectivity index (χ4v) is 5.34. The summed E-state index contributed by atoms with van der Waals surface area (Å²) < 4.78 is 0.